The van der Waals surface area contributed by atoms with Crippen molar-refractivity contribution in [2.75, 3.05) is 6.61 Å². The van der Waals surface area contributed by atoms with E-state index in [1.54, 1.807) is 11.8 Å². The second kappa shape index (κ2) is 6.52. The van der Waals surface area contributed by atoms with Crippen LogP contribution in [0.4, 0.5) is 4.79 Å². The zero-order chi connectivity index (χ0) is 18.2. The second-order valence-corrected chi connectivity index (χ2v) is 6.92. The van der Waals surface area contributed by atoms with E-state index in [4.69, 9.17) is 14.2 Å². The Balaban J connectivity index is 1.58. The highest BCUT2D eigenvalue weighted by Gasteiger charge is 2.59. The van der Waals surface area contributed by atoms with Crippen molar-refractivity contribution in [1.82, 2.24) is 4.90 Å². The van der Waals surface area contributed by atoms with Crippen molar-refractivity contribution in [1.29, 1.82) is 0 Å². The smallest absolute Gasteiger partial charge is 0.430 e. The summed E-state index contributed by atoms with van der Waals surface area (Å²) in [5, 5.41) is 0. The Labute approximate surface area is 147 Å². The van der Waals surface area contributed by atoms with Gasteiger partial charge in [0.05, 0.1) is 18.6 Å². The van der Waals surface area contributed by atoms with Gasteiger partial charge >= 0.3 is 6.16 Å². The summed E-state index contributed by atoms with van der Waals surface area (Å²) in [5.41, 5.74) is 1.02. The van der Waals surface area contributed by atoms with Crippen molar-refractivity contribution < 1.29 is 23.8 Å². The molecule has 0 aliphatic carbocycles. The molecule has 2 heterocycles. The molecule has 0 bridgehead atoms. The van der Waals surface area contributed by atoms with E-state index < -0.39 is 23.9 Å². The summed E-state index contributed by atoms with van der Waals surface area (Å²) in [6, 6.07) is 9.17. The lowest BCUT2D eigenvalue weighted by atomic mass is 9.76. The number of rotatable bonds is 4. The molecule has 6 heteroatoms. The van der Waals surface area contributed by atoms with Crippen LogP contribution in [0.1, 0.15) is 26.3 Å². The van der Waals surface area contributed by atoms with Gasteiger partial charge in [-0.2, -0.15) is 0 Å². The molecule has 2 aliphatic heterocycles. The summed E-state index contributed by atoms with van der Waals surface area (Å²) in [4.78, 5) is 26.1. The molecular formula is C19H23NO5. The van der Waals surface area contributed by atoms with Crippen molar-refractivity contribution in [2.45, 2.75) is 45.2 Å². The van der Waals surface area contributed by atoms with Crippen LogP contribution in [0.3, 0.4) is 0 Å². The Kier molecular flexibility index (Phi) is 4.56. The molecule has 3 atom stereocenters. The van der Waals surface area contributed by atoms with Gasteiger partial charge in [0.1, 0.15) is 18.4 Å². The minimum Gasteiger partial charge on any atom is -0.430 e. The summed E-state index contributed by atoms with van der Waals surface area (Å²) >= 11 is 0. The number of hydrogen-bond acceptors (Lipinski definition) is 5. The predicted octanol–water partition coefficient (Wildman–Crippen LogP) is 2.88. The molecule has 0 radical (unpaired) electrons. The molecule has 2 aliphatic rings. The van der Waals surface area contributed by atoms with Gasteiger partial charge < -0.3 is 19.1 Å². The number of β-lactam (4-membered cyclic amide) rings is 1. The molecule has 0 spiro atoms. The highest BCUT2D eigenvalue weighted by atomic mass is 16.7. The third kappa shape index (κ3) is 3.26. The number of ether oxygens (including phenoxy) is 3. The van der Waals surface area contributed by atoms with Gasteiger partial charge in [-0.1, -0.05) is 36.9 Å². The Morgan fingerprint density at radius 3 is 2.76 bits per heavy atom. The number of benzene rings is 1. The first-order chi connectivity index (χ1) is 11.8. The van der Waals surface area contributed by atoms with Crippen molar-refractivity contribution >= 4 is 12.1 Å². The van der Waals surface area contributed by atoms with Crippen LogP contribution in [0, 0.1) is 5.92 Å². The first-order valence-electron chi connectivity index (χ1n) is 8.33. The van der Waals surface area contributed by atoms with E-state index in [1.807, 2.05) is 44.2 Å². The van der Waals surface area contributed by atoms with Crippen LogP contribution >= 0.6 is 0 Å². The SMILES string of the molecule is C=C1COC(C)(C)N2C(=O)[C@H]([C@@H](C)OC(=O)OCc3ccccc3)[C@@H]12. The predicted molar refractivity (Wildman–Crippen MR) is 90.5 cm³/mol. The molecule has 134 valence electrons. The molecule has 2 fully saturated rings. The van der Waals surface area contributed by atoms with Crippen LogP contribution in [0.15, 0.2) is 42.5 Å². The van der Waals surface area contributed by atoms with E-state index in [2.05, 4.69) is 6.58 Å². The van der Waals surface area contributed by atoms with Crippen LogP contribution in [0.5, 0.6) is 0 Å². The van der Waals surface area contributed by atoms with Crippen LogP contribution in [0.25, 0.3) is 0 Å². The van der Waals surface area contributed by atoms with Gasteiger partial charge in [0.25, 0.3) is 0 Å². The highest BCUT2D eigenvalue weighted by Crippen LogP contribution is 2.43. The first-order valence-corrected chi connectivity index (χ1v) is 8.33. The van der Waals surface area contributed by atoms with Crippen LogP contribution < -0.4 is 0 Å². The third-order valence-corrected chi connectivity index (χ3v) is 4.74. The minimum atomic E-state index is -0.778. The summed E-state index contributed by atoms with van der Waals surface area (Å²) in [5.74, 6) is -0.542. The zero-order valence-corrected chi connectivity index (χ0v) is 14.7. The van der Waals surface area contributed by atoms with Gasteiger partial charge in [-0.25, -0.2) is 4.79 Å². The van der Waals surface area contributed by atoms with Gasteiger partial charge in [-0.3, -0.25) is 4.79 Å². The summed E-state index contributed by atoms with van der Waals surface area (Å²) in [6.07, 6.45) is -1.37. The average Bonchev–Trinajstić information content (AvgIpc) is 2.55. The molecule has 1 amide bonds. The van der Waals surface area contributed by atoms with E-state index in [-0.39, 0.29) is 18.6 Å². The van der Waals surface area contributed by atoms with Crippen LogP contribution in [0.2, 0.25) is 0 Å². The molecule has 2 saturated heterocycles. The molecule has 3 rings (SSSR count). The van der Waals surface area contributed by atoms with Crippen LogP contribution in [-0.2, 0) is 25.6 Å². The highest BCUT2D eigenvalue weighted by molar-refractivity contribution is 5.89. The maximum Gasteiger partial charge on any atom is 0.508 e. The molecule has 0 N–H and O–H groups in total. The number of amides is 1. The fourth-order valence-electron chi connectivity index (χ4n) is 3.41. The topological polar surface area (TPSA) is 65.1 Å². The maximum absolute atomic E-state index is 12.5. The Morgan fingerprint density at radius 2 is 2.08 bits per heavy atom. The Hall–Kier alpha value is -2.34. The molecule has 0 aromatic heterocycles. The van der Waals surface area contributed by atoms with E-state index in [0.29, 0.717) is 6.61 Å². The lowest BCUT2D eigenvalue weighted by molar-refractivity contribution is -0.225. The summed E-state index contributed by atoms with van der Waals surface area (Å²) in [6.45, 7) is 9.92. The van der Waals surface area contributed by atoms with Gasteiger partial charge in [0.2, 0.25) is 5.91 Å². The number of nitrogens with zero attached hydrogens (tertiary/aromatic N) is 1. The van der Waals surface area contributed by atoms with Crippen LogP contribution in [-0.4, -0.2) is 41.4 Å². The summed E-state index contributed by atoms with van der Waals surface area (Å²) < 4.78 is 16.1. The fourth-order valence-corrected chi connectivity index (χ4v) is 3.41. The molecule has 25 heavy (non-hydrogen) atoms. The Morgan fingerprint density at radius 1 is 1.40 bits per heavy atom. The number of hydrogen-bond donors (Lipinski definition) is 0. The normalized spacial score (nSPS) is 25.6. The molecule has 0 saturated carbocycles. The maximum atomic E-state index is 12.5. The monoisotopic (exact) mass is 345 g/mol. The lowest BCUT2D eigenvalue weighted by Gasteiger charge is -2.59. The van der Waals surface area contributed by atoms with E-state index in [0.717, 1.165) is 11.1 Å². The fraction of sp³-hybridized carbons (Fsp3) is 0.474. The quantitative estimate of drug-likeness (QED) is 0.477. The van der Waals surface area contributed by atoms with E-state index in [1.165, 1.54) is 0 Å². The van der Waals surface area contributed by atoms with Gasteiger partial charge in [0.15, 0.2) is 0 Å². The van der Waals surface area contributed by atoms with Crippen molar-refractivity contribution in [3.8, 4) is 0 Å². The van der Waals surface area contributed by atoms with Gasteiger partial charge in [-0.15, -0.1) is 0 Å². The van der Waals surface area contributed by atoms with Crippen molar-refractivity contribution in [3.63, 3.8) is 0 Å². The van der Waals surface area contributed by atoms with E-state index >= 15 is 0 Å². The largest absolute Gasteiger partial charge is 0.508 e. The number of fused-ring (bicyclic) bond motifs is 1. The second-order valence-electron chi connectivity index (χ2n) is 6.92. The zero-order valence-electron chi connectivity index (χ0n) is 14.7. The minimum absolute atomic E-state index is 0.0980. The molecule has 1 aromatic carbocycles. The van der Waals surface area contributed by atoms with Crippen molar-refractivity contribution in [3.05, 3.63) is 48.0 Å². The number of carbonyl (C=O) groups excluding carboxylic acids is 2. The lowest BCUT2D eigenvalue weighted by Crippen LogP contribution is -2.74. The first kappa shape index (κ1) is 17.5. The molecular weight excluding hydrogens is 322 g/mol. The van der Waals surface area contributed by atoms with Gasteiger partial charge in [-0.05, 0) is 31.9 Å². The molecule has 1 aromatic rings. The molecule has 0 unspecified atom stereocenters. The number of carbonyl (C=O) groups is 2. The Bertz CT molecular complexity index is 684. The summed E-state index contributed by atoms with van der Waals surface area (Å²) in [7, 11) is 0. The van der Waals surface area contributed by atoms with Crippen molar-refractivity contribution in [2.24, 2.45) is 5.92 Å². The third-order valence-electron chi connectivity index (χ3n) is 4.74. The van der Waals surface area contributed by atoms with E-state index in [9.17, 15) is 9.59 Å². The average molecular weight is 345 g/mol. The molecule has 6 nitrogen and oxygen atoms in total. The standard InChI is InChI=1S/C19H23NO5/c1-12-10-24-19(3,4)20-16(12)15(17(20)21)13(2)25-18(22)23-11-14-8-6-5-7-9-14/h5-9,13,15-16H,1,10-11H2,2-4H3/t13-,15-,16-/m1/s1. The van der Waals surface area contributed by atoms with Gasteiger partial charge in [0, 0.05) is 0 Å².